The summed E-state index contributed by atoms with van der Waals surface area (Å²) < 4.78 is 5.66. The van der Waals surface area contributed by atoms with Gasteiger partial charge in [-0.25, -0.2) is 0 Å². The Balaban J connectivity index is 1.79. The van der Waals surface area contributed by atoms with Crippen molar-refractivity contribution in [2.24, 2.45) is 0 Å². The summed E-state index contributed by atoms with van der Waals surface area (Å²) in [6.45, 7) is 4.85. The summed E-state index contributed by atoms with van der Waals surface area (Å²) in [6, 6.07) is 3.96. The van der Waals surface area contributed by atoms with Gasteiger partial charge in [0.25, 0.3) is 0 Å². The van der Waals surface area contributed by atoms with Gasteiger partial charge in [0.15, 0.2) is 0 Å². The van der Waals surface area contributed by atoms with Crippen LogP contribution in [0, 0.1) is 0 Å². The van der Waals surface area contributed by atoms with E-state index in [2.05, 4.69) is 4.90 Å². The van der Waals surface area contributed by atoms with Crippen molar-refractivity contribution < 1.29 is 9.84 Å². The molecule has 2 aliphatic heterocycles. The molecule has 0 spiro atoms. The lowest BCUT2D eigenvalue weighted by Crippen LogP contribution is -2.59. The fourth-order valence-electron chi connectivity index (χ4n) is 2.73. The Morgan fingerprint density at radius 2 is 2.24 bits per heavy atom. The van der Waals surface area contributed by atoms with E-state index in [4.69, 9.17) is 16.3 Å². The minimum atomic E-state index is -0.525. The maximum absolute atomic E-state index is 9.71. The highest BCUT2D eigenvalue weighted by molar-refractivity contribution is 6.30. The molecule has 3 nitrogen and oxygen atoms in total. The molecule has 3 rings (SSSR count). The minimum absolute atomic E-state index is 0.525. The molecule has 1 N–H and O–H groups in total. The Labute approximate surface area is 106 Å². The Morgan fingerprint density at radius 1 is 1.47 bits per heavy atom. The molecule has 1 fully saturated rings. The van der Waals surface area contributed by atoms with Crippen LogP contribution in [-0.4, -0.2) is 35.3 Å². The van der Waals surface area contributed by atoms with Crippen molar-refractivity contribution in [2.75, 3.05) is 19.7 Å². The number of rotatable bonds is 2. The van der Waals surface area contributed by atoms with Crippen LogP contribution in [0.4, 0.5) is 0 Å². The SMILES string of the molecule is CC1(O)CN(Cc2cc(Cl)cc3c2OCC3)C1. The molecule has 2 heterocycles. The van der Waals surface area contributed by atoms with Gasteiger partial charge in [-0.2, -0.15) is 0 Å². The maximum Gasteiger partial charge on any atom is 0.127 e. The van der Waals surface area contributed by atoms with Crippen molar-refractivity contribution in [1.82, 2.24) is 4.90 Å². The third kappa shape index (κ3) is 2.15. The zero-order valence-electron chi connectivity index (χ0n) is 9.87. The smallest absolute Gasteiger partial charge is 0.127 e. The molecule has 17 heavy (non-hydrogen) atoms. The molecule has 0 aromatic heterocycles. The maximum atomic E-state index is 9.71. The minimum Gasteiger partial charge on any atom is -0.493 e. The van der Waals surface area contributed by atoms with Gasteiger partial charge in [0.1, 0.15) is 5.75 Å². The second-order valence-corrected chi connectivity index (χ2v) is 5.73. The number of hydrogen-bond acceptors (Lipinski definition) is 3. The predicted octanol–water partition coefficient (Wildman–Crippen LogP) is 1.84. The second kappa shape index (κ2) is 3.87. The lowest BCUT2D eigenvalue weighted by Gasteiger charge is -2.44. The number of halogens is 1. The van der Waals surface area contributed by atoms with Gasteiger partial charge >= 0.3 is 0 Å². The summed E-state index contributed by atoms with van der Waals surface area (Å²) in [4.78, 5) is 2.20. The molecule has 0 aliphatic carbocycles. The van der Waals surface area contributed by atoms with Crippen molar-refractivity contribution in [3.05, 3.63) is 28.3 Å². The lowest BCUT2D eigenvalue weighted by atomic mass is 9.96. The van der Waals surface area contributed by atoms with Gasteiger partial charge in [0.05, 0.1) is 12.2 Å². The monoisotopic (exact) mass is 253 g/mol. The van der Waals surface area contributed by atoms with E-state index in [1.165, 1.54) is 5.56 Å². The van der Waals surface area contributed by atoms with Crippen LogP contribution in [0.3, 0.4) is 0 Å². The van der Waals surface area contributed by atoms with E-state index in [0.717, 1.165) is 35.9 Å². The van der Waals surface area contributed by atoms with E-state index in [1.54, 1.807) is 0 Å². The van der Waals surface area contributed by atoms with Gasteiger partial charge in [-0.1, -0.05) is 11.6 Å². The normalized spacial score (nSPS) is 21.8. The first-order valence-corrected chi connectivity index (χ1v) is 6.30. The molecule has 0 amide bonds. The Kier molecular flexibility index (Phi) is 2.58. The van der Waals surface area contributed by atoms with Crippen LogP contribution in [-0.2, 0) is 13.0 Å². The fraction of sp³-hybridized carbons (Fsp3) is 0.538. The zero-order chi connectivity index (χ0) is 12.0. The Hall–Kier alpha value is -0.770. The van der Waals surface area contributed by atoms with Crippen LogP contribution in [0.2, 0.25) is 5.02 Å². The van der Waals surface area contributed by atoms with E-state index in [-0.39, 0.29) is 0 Å². The van der Waals surface area contributed by atoms with Crippen molar-refractivity contribution in [2.45, 2.75) is 25.5 Å². The first-order valence-electron chi connectivity index (χ1n) is 5.92. The van der Waals surface area contributed by atoms with Gasteiger partial charge in [-0.15, -0.1) is 0 Å². The van der Waals surface area contributed by atoms with Gasteiger partial charge in [0.2, 0.25) is 0 Å². The molecule has 0 saturated carbocycles. The number of nitrogens with zero attached hydrogens (tertiary/aromatic N) is 1. The van der Waals surface area contributed by atoms with Crippen LogP contribution in [0.1, 0.15) is 18.1 Å². The predicted molar refractivity (Wildman–Crippen MR) is 66.6 cm³/mol. The van der Waals surface area contributed by atoms with E-state index in [9.17, 15) is 5.11 Å². The molecule has 0 radical (unpaired) electrons. The first-order chi connectivity index (χ1) is 8.03. The summed E-state index contributed by atoms with van der Waals surface area (Å²) in [5, 5.41) is 10.5. The second-order valence-electron chi connectivity index (χ2n) is 5.29. The average molecular weight is 254 g/mol. The molecule has 0 bridgehead atoms. The first kappa shape index (κ1) is 11.3. The highest BCUT2D eigenvalue weighted by Gasteiger charge is 2.36. The fourth-order valence-corrected chi connectivity index (χ4v) is 3.00. The van der Waals surface area contributed by atoms with Crippen LogP contribution < -0.4 is 4.74 Å². The number of aliphatic hydroxyl groups is 1. The standard InChI is InChI=1S/C13H16ClNO2/c1-13(16)7-15(8-13)6-10-5-11(14)4-9-2-3-17-12(9)10/h4-5,16H,2-3,6-8H2,1H3. The van der Waals surface area contributed by atoms with E-state index in [0.29, 0.717) is 13.1 Å². The molecule has 1 saturated heterocycles. The average Bonchev–Trinajstić information content (AvgIpc) is 2.62. The van der Waals surface area contributed by atoms with E-state index in [1.807, 2.05) is 19.1 Å². The molecule has 0 atom stereocenters. The van der Waals surface area contributed by atoms with Gasteiger partial charge in [0, 0.05) is 36.6 Å². The molecule has 92 valence electrons. The van der Waals surface area contributed by atoms with Crippen LogP contribution in [0.5, 0.6) is 5.75 Å². The van der Waals surface area contributed by atoms with Crippen LogP contribution in [0.25, 0.3) is 0 Å². The molecular formula is C13H16ClNO2. The third-order valence-corrected chi connectivity index (χ3v) is 3.57. The van der Waals surface area contributed by atoms with Gasteiger partial charge in [-0.3, -0.25) is 4.90 Å². The molecule has 1 aromatic carbocycles. The number of hydrogen-bond donors (Lipinski definition) is 1. The Bertz CT molecular complexity index is 451. The molecule has 0 unspecified atom stereocenters. The molecule has 1 aromatic rings. The summed E-state index contributed by atoms with van der Waals surface area (Å²) >= 11 is 6.11. The van der Waals surface area contributed by atoms with Crippen LogP contribution >= 0.6 is 11.6 Å². The number of likely N-dealkylation sites (tertiary alicyclic amines) is 1. The molecule has 2 aliphatic rings. The summed E-state index contributed by atoms with van der Waals surface area (Å²) in [5.41, 5.74) is 1.82. The number of β-amino-alcohol motifs (C(OH)–C–C–N with tert-alkyl or cyclic N) is 1. The number of ether oxygens (including phenoxy) is 1. The number of benzene rings is 1. The quantitative estimate of drug-likeness (QED) is 0.873. The van der Waals surface area contributed by atoms with Gasteiger partial charge in [-0.05, 0) is 24.6 Å². The van der Waals surface area contributed by atoms with Crippen molar-refractivity contribution >= 4 is 11.6 Å². The highest BCUT2D eigenvalue weighted by atomic mass is 35.5. The van der Waals surface area contributed by atoms with Gasteiger partial charge < -0.3 is 9.84 Å². The van der Waals surface area contributed by atoms with Crippen molar-refractivity contribution in [3.8, 4) is 5.75 Å². The highest BCUT2D eigenvalue weighted by Crippen LogP contribution is 2.35. The zero-order valence-corrected chi connectivity index (χ0v) is 10.6. The molecule has 4 heteroatoms. The van der Waals surface area contributed by atoms with Crippen molar-refractivity contribution in [3.63, 3.8) is 0 Å². The number of fused-ring (bicyclic) bond motifs is 1. The van der Waals surface area contributed by atoms with Crippen molar-refractivity contribution in [1.29, 1.82) is 0 Å². The summed E-state index contributed by atoms with van der Waals surface area (Å²) in [6.07, 6.45) is 0.945. The topological polar surface area (TPSA) is 32.7 Å². The molecular weight excluding hydrogens is 238 g/mol. The van der Waals surface area contributed by atoms with E-state index >= 15 is 0 Å². The summed E-state index contributed by atoms with van der Waals surface area (Å²) in [7, 11) is 0. The third-order valence-electron chi connectivity index (χ3n) is 3.35. The summed E-state index contributed by atoms with van der Waals surface area (Å²) in [5.74, 6) is 1.00. The Morgan fingerprint density at radius 3 is 2.94 bits per heavy atom. The largest absolute Gasteiger partial charge is 0.493 e. The lowest BCUT2D eigenvalue weighted by molar-refractivity contribution is -0.0873. The van der Waals surface area contributed by atoms with E-state index < -0.39 is 5.60 Å². The van der Waals surface area contributed by atoms with Crippen LogP contribution in [0.15, 0.2) is 12.1 Å².